The number of nitrogens with one attached hydrogen (secondary N) is 1. The number of rotatable bonds is 2. The van der Waals surface area contributed by atoms with E-state index in [9.17, 15) is 0 Å². The summed E-state index contributed by atoms with van der Waals surface area (Å²) in [5.74, 6) is 1.09. The lowest BCUT2D eigenvalue weighted by atomic mass is 9.98. The average molecular weight is 282 g/mol. The Morgan fingerprint density at radius 2 is 2.12 bits per heavy atom. The first-order valence-corrected chi connectivity index (χ1v) is 6.72. The van der Waals surface area contributed by atoms with Crippen molar-refractivity contribution >= 4 is 15.9 Å². The molecule has 1 heterocycles. The molecule has 0 amide bonds. The van der Waals surface area contributed by atoms with Gasteiger partial charge in [0.2, 0.25) is 0 Å². The Balaban J connectivity index is 1.95. The Morgan fingerprint density at radius 3 is 2.88 bits per heavy atom. The molecule has 1 aliphatic carbocycles. The van der Waals surface area contributed by atoms with Crippen molar-refractivity contribution in [1.29, 1.82) is 0 Å². The third kappa shape index (κ3) is 1.98. The molecule has 1 aromatic carbocycles. The van der Waals surface area contributed by atoms with Crippen LogP contribution >= 0.6 is 15.9 Å². The van der Waals surface area contributed by atoms with Crippen molar-refractivity contribution in [3.8, 4) is 5.75 Å². The number of hydrogen-bond acceptors (Lipinski definition) is 2. The number of ether oxygens (including phenoxy) is 1. The largest absolute Gasteiger partial charge is 0.493 e. The highest BCUT2D eigenvalue weighted by Gasteiger charge is 2.29. The maximum absolute atomic E-state index is 5.78. The van der Waals surface area contributed by atoms with E-state index in [1.807, 2.05) is 0 Å². The van der Waals surface area contributed by atoms with Crippen LogP contribution in [0.4, 0.5) is 0 Å². The molecule has 1 saturated carbocycles. The molecule has 1 unspecified atom stereocenters. The van der Waals surface area contributed by atoms with Crippen molar-refractivity contribution < 1.29 is 4.74 Å². The molecular formula is C13H16BrNO. The first kappa shape index (κ1) is 10.6. The van der Waals surface area contributed by atoms with E-state index in [-0.39, 0.29) is 0 Å². The van der Waals surface area contributed by atoms with Crippen LogP contribution in [0.25, 0.3) is 0 Å². The molecule has 1 N–H and O–H groups in total. The zero-order chi connectivity index (χ0) is 11.1. The van der Waals surface area contributed by atoms with Crippen molar-refractivity contribution in [3.63, 3.8) is 0 Å². The predicted molar refractivity (Wildman–Crippen MR) is 67.9 cm³/mol. The summed E-state index contributed by atoms with van der Waals surface area (Å²) in [6.07, 6.45) is 3.75. The van der Waals surface area contributed by atoms with Crippen LogP contribution < -0.4 is 10.1 Å². The number of hydrogen-bond donors (Lipinski definition) is 1. The van der Waals surface area contributed by atoms with E-state index in [1.54, 1.807) is 0 Å². The molecule has 1 atom stereocenters. The third-order valence-corrected chi connectivity index (χ3v) is 3.77. The molecule has 86 valence electrons. The topological polar surface area (TPSA) is 21.3 Å². The highest BCUT2D eigenvalue weighted by atomic mass is 79.9. The van der Waals surface area contributed by atoms with E-state index < -0.39 is 0 Å². The van der Waals surface area contributed by atoms with Gasteiger partial charge in [0.05, 0.1) is 6.61 Å². The summed E-state index contributed by atoms with van der Waals surface area (Å²) < 4.78 is 6.93. The lowest BCUT2D eigenvalue weighted by Gasteiger charge is -2.28. The van der Waals surface area contributed by atoms with Crippen LogP contribution in [0.2, 0.25) is 0 Å². The van der Waals surface area contributed by atoms with Crippen molar-refractivity contribution in [2.24, 2.45) is 0 Å². The van der Waals surface area contributed by atoms with Gasteiger partial charge in [-0.1, -0.05) is 15.9 Å². The molecule has 16 heavy (non-hydrogen) atoms. The molecule has 0 spiro atoms. The lowest BCUT2D eigenvalue weighted by Crippen LogP contribution is -2.28. The fourth-order valence-corrected chi connectivity index (χ4v) is 2.94. The molecular weight excluding hydrogens is 266 g/mol. The van der Waals surface area contributed by atoms with Gasteiger partial charge in [0.1, 0.15) is 5.75 Å². The fraction of sp³-hybridized carbons (Fsp3) is 0.538. The molecule has 1 aliphatic heterocycles. The van der Waals surface area contributed by atoms with Crippen LogP contribution in [-0.4, -0.2) is 12.6 Å². The van der Waals surface area contributed by atoms with E-state index in [1.165, 1.54) is 24.0 Å². The highest BCUT2D eigenvalue weighted by Crippen LogP contribution is 2.38. The van der Waals surface area contributed by atoms with Gasteiger partial charge in [-0.25, -0.2) is 0 Å². The summed E-state index contributed by atoms with van der Waals surface area (Å²) in [5, 5.41) is 3.70. The number of fused-ring (bicyclic) bond motifs is 1. The minimum atomic E-state index is 0.479. The number of benzene rings is 1. The minimum absolute atomic E-state index is 0.479. The van der Waals surface area contributed by atoms with Crippen LogP contribution in [0.3, 0.4) is 0 Å². The van der Waals surface area contributed by atoms with E-state index >= 15 is 0 Å². The van der Waals surface area contributed by atoms with Gasteiger partial charge in [0.25, 0.3) is 0 Å². The predicted octanol–water partition coefficient (Wildman–Crippen LogP) is 3.33. The van der Waals surface area contributed by atoms with Crippen molar-refractivity contribution in [1.82, 2.24) is 5.32 Å². The summed E-state index contributed by atoms with van der Waals surface area (Å²) in [7, 11) is 0. The third-order valence-electron chi connectivity index (χ3n) is 3.31. The van der Waals surface area contributed by atoms with Gasteiger partial charge < -0.3 is 10.1 Å². The average Bonchev–Trinajstić information content (AvgIpc) is 3.03. The van der Waals surface area contributed by atoms with Gasteiger partial charge in [0.15, 0.2) is 0 Å². The molecule has 0 saturated heterocycles. The molecule has 1 fully saturated rings. The van der Waals surface area contributed by atoms with E-state index in [0.717, 1.165) is 29.3 Å². The van der Waals surface area contributed by atoms with E-state index in [0.29, 0.717) is 6.04 Å². The van der Waals surface area contributed by atoms with Crippen LogP contribution in [0.1, 0.15) is 36.4 Å². The smallest absolute Gasteiger partial charge is 0.127 e. The summed E-state index contributed by atoms with van der Waals surface area (Å²) >= 11 is 3.57. The van der Waals surface area contributed by atoms with Gasteiger partial charge in [-0.05, 0) is 37.5 Å². The van der Waals surface area contributed by atoms with Gasteiger partial charge in [-0.15, -0.1) is 0 Å². The van der Waals surface area contributed by atoms with Crippen LogP contribution in [0.15, 0.2) is 16.6 Å². The first-order chi connectivity index (χ1) is 7.74. The molecule has 0 bridgehead atoms. The van der Waals surface area contributed by atoms with Crippen molar-refractivity contribution in [3.05, 3.63) is 27.7 Å². The van der Waals surface area contributed by atoms with Gasteiger partial charge in [0, 0.05) is 28.5 Å². The molecule has 2 aliphatic rings. The number of aryl methyl sites for hydroxylation is 1. The van der Waals surface area contributed by atoms with Crippen LogP contribution in [0.5, 0.6) is 5.75 Å². The SMILES string of the molecule is Cc1cc(Br)cc2c1OCCC2NC1CC1. The maximum Gasteiger partial charge on any atom is 0.127 e. The summed E-state index contributed by atoms with van der Waals surface area (Å²) in [4.78, 5) is 0. The Hall–Kier alpha value is -0.540. The minimum Gasteiger partial charge on any atom is -0.493 e. The molecule has 0 radical (unpaired) electrons. The zero-order valence-electron chi connectivity index (χ0n) is 9.42. The highest BCUT2D eigenvalue weighted by molar-refractivity contribution is 9.10. The van der Waals surface area contributed by atoms with E-state index in [4.69, 9.17) is 4.74 Å². The number of halogens is 1. The first-order valence-electron chi connectivity index (χ1n) is 5.93. The van der Waals surface area contributed by atoms with Crippen molar-refractivity contribution in [2.45, 2.75) is 38.3 Å². The zero-order valence-corrected chi connectivity index (χ0v) is 11.0. The standard InChI is InChI=1S/C13H16BrNO/c1-8-6-9(14)7-11-12(15-10-2-3-10)4-5-16-13(8)11/h6-7,10,12,15H,2-5H2,1H3. The molecule has 1 aromatic rings. The van der Waals surface area contributed by atoms with Crippen LogP contribution in [-0.2, 0) is 0 Å². The van der Waals surface area contributed by atoms with Crippen LogP contribution in [0, 0.1) is 6.92 Å². The monoisotopic (exact) mass is 281 g/mol. The van der Waals surface area contributed by atoms with Crippen molar-refractivity contribution in [2.75, 3.05) is 6.61 Å². The second kappa shape index (κ2) is 4.04. The second-order valence-corrected chi connectivity index (χ2v) is 5.69. The second-order valence-electron chi connectivity index (χ2n) is 4.77. The Morgan fingerprint density at radius 1 is 1.31 bits per heavy atom. The quantitative estimate of drug-likeness (QED) is 0.898. The summed E-state index contributed by atoms with van der Waals surface area (Å²) in [5.41, 5.74) is 2.55. The van der Waals surface area contributed by atoms with E-state index in [2.05, 4.69) is 40.3 Å². The van der Waals surface area contributed by atoms with Gasteiger partial charge in [-0.2, -0.15) is 0 Å². The summed E-state index contributed by atoms with van der Waals surface area (Å²) in [6.45, 7) is 2.95. The fourth-order valence-electron chi connectivity index (χ4n) is 2.35. The Kier molecular flexibility index (Phi) is 2.68. The molecule has 0 aromatic heterocycles. The normalized spacial score (nSPS) is 23.8. The Labute approximate surface area is 105 Å². The lowest BCUT2D eigenvalue weighted by molar-refractivity contribution is 0.250. The maximum atomic E-state index is 5.78. The molecule has 3 rings (SSSR count). The summed E-state index contributed by atoms with van der Waals surface area (Å²) in [6, 6.07) is 5.54. The molecule has 3 heteroatoms. The van der Waals surface area contributed by atoms with Gasteiger partial charge >= 0.3 is 0 Å². The Bertz CT molecular complexity index is 415. The molecule has 2 nitrogen and oxygen atoms in total. The van der Waals surface area contributed by atoms with Gasteiger partial charge in [-0.3, -0.25) is 0 Å².